The molecule has 67 heavy (non-hydrogen) atoms. The number of ether oxygens (including phenoxy) is 3. The van der Waals surface area contributed by atoms with Gasteiger partial charge in [0.15, 0.2) is 6.10 Å². The molecular weight excluding hydrogens is 829 g/mol. The Morgan fingerprint density at radius 1 is 0.313 bits per heavy atom. The van der Waals surface area contributed by atoms with E-state index in [4.69, 9.17) is 14.2 Å². The normalized spacial score (nSPS) is 12.8. The minimum Gasteiger partial charge on any atom is -0.462 e. The molecule has 0 spiro atoms. The molecule has 6 heteroatoms. The first-order valence-electron chi connectivity index (χ1n) is 27.7. The molecule has 0 bridgehead atoms. The van der Waals surface area contributed by atoms with Crippen LogP contribution in [0.3, 0.4) is 0 Å². The number of unbranched alkanes of at least 4 members (excludes halogenated alkanes) is 22. The van der Waals surface area contributed by atoms with Crippen LogP contribution in [0.15, 0.2) is 97.2 Å². The van der Waals surface area contributed by atoms with Crippen LogP contribution in [-0.4, -0.2) is 37.2 Å². The summed E-state index contributed by atoms with van der Waals surface area (Å²) in [6.07, 6.45) is 72.5. The second-order valence-electron chi connectivity index (χ2n) is 18.1. The number of allylic oxidation sites excluding steroid dienone is 16. The number of rotatable bonds is 49. The maximum absolute atomic E-state index is 12.8. The van der Waals surface area contributed by atoms with E-state index in [1.54, 1.807) is 0 Å². The Kier molecular flexibility index (Phi) is 51.9. The van der Waals surface area contributed by atoms with Gasteiger partial charge in [-0.05, 0) is 96.3 Å². The SMILES string of the molecule is CC/C=C\C/C=C\C/C=C\C/C=C\C/C=C\C/C=C\C/C=C\CCCCCC(=O)OCC(COC(=O)CCCCCCC/C=C\CCCC)OC(=O)CCCCCCCCCCCCCCC. The van der Waals surface area contributed by atoms with Crippen LogP contribution in [0.2, 0.25) is 0 Å². The topological polar surface area (TPSA) is 78.9 Å². The average molecular weight is 931 g/mol. The molecular formula is C61H102O6. The van der Waals surface area contributed by atoms with Crippen LogP contribution in [0.25, 0.3) is 0 Å². The summed E-state index contributed by atoms with van der Waals surface area (Å²) in [6, 6.07) is 0. The van der Waals surface area contributed by atoms with E-state index >= 15 is 0 Å². The number of hydrogen-bond donors (Lipinski definition) is 0. The molecule has 0 N–H and O–H groups in total. The summed E-state index contributed by atoms with van der Waals surface area (Å²) in [5.74, 6) is -0.933. The third-order valence-electron chi connectivity index (χ3n) is 11.6. The zero-order chi connectivity index (χ0) is 48.6. The van der Waals surface area contributed by atoms with E-state index in [-0.39, 0.29) is 31.1 Å². The second-order valence-corrected chi connectivity index (χ2v) is 18.1. The van der Waals surface area contributed by atoms with Gasteiger partial charge in [0.05, 0.1) is 0 Å². The highest BCUT2D eigenvalue weighted by atomic mass is 16.6. The van der Waals surface area contributed by atoms with Crippen LogP contribution in [0.4, 0.5) is 0 Å². The molecule has 0 heterocycles. The Labute approximate surface area is 413 Å². The summed E-state index contributed by atoms with van der Waals surface area (Å²) in [5.41, 5.74) is 0. The standard InChI is InChI=1S/C61H102O6/c1-4-7-10-13-16-19-22-24-25-26-27-28-29-30-31-32-33-34-35-37-39-42-45-48-51-54-60(63)66-57-58(56-65-59(62)53-50-47-44-41-38-21-18-15-12-9-6-3)67-61(64)55-52-49-46-43-40-36-23-20-17-14-11-8-5-2/h7,10,15-16,18-19,24-25,27-28,30-31,33-34,37,39,58H,4-6,8-9,11-14,17,20-23,26,29,32,35-36,38,40-57H2,1-3H3/b10-7-,18-15-,19-16-,25-24-,28-27-,31-30-,34-33-,39-37-. The second kappa shape index (κ2) is 54.9. The highest BCUT2D eigenvalue weighted by molar-refractivity contribution is 5.71. The fraction of sp³-hybridized carbons (Fsp3) is 0.689. The zero-order valence-electron chi connectivity index (χ0n) is 43.6. The fourth-order valence-electron chi connectivity index (χ4n) is 7.40. The van der Waals surface area contributed by atoms with Crippen molar-refractivity contribution < 1.29 is 28.6 Å². The minimum atomic E-state index is -0.793. The molecule has 0 rings (SSSR count). The molecule has 0 aliphatic rings. The summed E-state index contributed by atoms with van der Waals surface area (Å²) in [5, 5.41) is 0. The quantitative estimate of drug-likeness (QED) is 0.0262. The maximum Gasteiger partial charge on any atom is 0.306 e. The van der Waals surface area contributed by atoms with Gasteiger partial charge in [-0.3, -0.25) is 14.4 Å². The van der Waals surface area contributed by atoms with E-state index in [0.29, 0.717) is 19.3 Å². The van der Waals surface area contributed by atoms with Gasteiger partial charge in [0.25, 0.3) is 0 Å². The minimum absolute atomic E-state index is 0.0915. The smallest absolute Gasteiger partial charge is 0.306 e. The number of hydrogen-bond acceptors (Lipinski definition) is 6. The van der Waals surface area contributed by atoms with Gasteiger partial charge in [-0.15, -0.1) is 0 Å². The van der Waals surface area contributed by atoms with Gasteiger partial charge in [-0.25, -0.2) is 0 Å². The third-order valence-corrected chi connectivity index (χ3v) is 11.6. The van der Waals surface area contributed by atoms with E-state index in [1.165, 1.54) is 96.3 Å². The third kappa shape index (κ3) is 53.2. The van der Waals surface area contributed by atoms with Crippen molar-refractivity contribution in [3.8, 4) is 0 Å². The number of esters is 3. The summed E-state index contributed by atoms with van der Waals surface area (Å²) in [6.45, 7) is 6.45. The van der Waals surface area contributed by atoms with Crippen LogP contribution in [0.1, 0.15) is 252 Å². The Morgan fingerprint density at radius 3 is 0.985 bits per heavy atom. The Bertz CT molecular complexity index is 1350. The molecule has 0 aliphatic carbocycles. The van der Waals surface area contributed by atoms with Crippen molar-refractivity contribution in [1.82, 2.24) is 0 Å². The van der Waals surface area contributed by atoms with E-state index in [1.807, 2.05) is 0 Å². The van der Waals surface area contributed by atoms with Gasteiger partial charge in [0.1, 0.15) is 13.2 Å². The van der Waals surface area contributed by atoms with Crippen molar-refractivity contribution in [3.63, 3.8) is 0 Å². The van der Waals surface area contributed by atoms with Crippen LogP contribution in [0.5, 0.6) is 0 Å². The molecule has 0 aromatic rings. The predicted octanol–water partition coefficient (Wildman–Crippen LogP) is 18.5. The lowest BCUT2D eigenvalue weighted by molar-refractivity contribution is -0.167. The van der Waals surface area contributed by atoms with E-state index in [2.05, 4.69) is 118 Å². The Morgan fingerprint density at radius 2 is 0.597 bits per heavy atom. The molecule has 0 saturated heterocycles. The van der Waals surface area contributed by atoms with E-state index in [9.17, 15) is 14.4 Å². The van der Waals surface area contributed by atoms with Gasteiger partial charge >= 0.3 is 17.9 Å². The van der Waals surface area contributed by atoms with Crippen molar-refractivity contribution in [2.24, 2.45) is 0 Å². The predicted molar refractivity (Wildman–Crippen MR) is 288 cm³/mol. The number of carbonyl (C=O) groups excluding carboxylic acids is 3. The number of carbonyl (C=O) groups is 3. The van der Waals surface area contributed by atoms with Crippen molar-refractivity contribution in [1.29, 1.82) is 0 Å². The van der Waals surface area contributed by atoms with Gasteiger partial charge in [-0.2, -0.15) is 0 Å². The Balaban J connectivity index is 4.37. The van der Waals surface area contributed by atoms with Crippen molar-refractivity contribution >= 4 is 17.9 Å². The lowest BCUT2D eigenvalue weighted by Gasteiger charge is -2.18. The largest absolute Gasteiger partial charge is 0.462 e. The molecule has 1 unspecified atom stereocenters. The first-order chi connectivity index (χ1) is 33.0. The van der Waals surface area contributed by atoms with Gasteiger partial charge in [0.2, 0.25) is 0 Å². The molecule has 6 nitrogen and oxygen atoms in total. The molecule has 0 fully saturated rings. The summed E-state index contributed by atoms with van der Waals surface area (Å²) in [7, 11) is 0. The van der Waals surface area contributed by atoms with Gasteiger partial charge in [-0.1, -0.05) is 234 Å². The highest BCUT2D eigenvalue weighted by Gasteiger charge is 2.19. The van der Waals surface area contributed by atoms with Crippen LogP contribution < -0.4 is 0 Å². The fourth-order valence-corrected chi connectivity index (χ4v) is 7.40. The van der Waals surface area contributed by atoms with Gasteiger partial charge < -0.3 is 14.2 Å². The summed E-state index contributed by atoms with van der Waals surface area (Å²) < 4.78 is 16.8. The van der Waals surface area contributed by atoms with Crippen molar-refractivity contribution in [2.75, 3.05) is 13.2 Å². The Hall–Kier alpha value is -3.67. The van der Waals surface area contributed by atoms with Crippen LogP contribution in [-0.2, 0) is 28.6 Å². The summed E-state index contributed by atoms with van der Waals surface area (Å²) in [4.78, 5) is 38.0. The molecule has 0 amide bonds. The first kappa shape index (κ1) is 63.3. The van der Waals surface area contributed by atoms with E-state index in [0.717, 1.165) is 116 Å². The van der Waals surface area contributed by atoms with Crippen LogP contribution >= 0.6 is 0 Å². The summed E-state index contributed by atoms with van der Waals surface area (Å²) >= 11 is 0. The first-order valence-corrected chi connectivity index (χ1v) is 27.7. The lowest BCUT2D eigenvalue weighted by atomic mass is 10.0. The zero-order valence-corrected chi connectivity index (χ0v) is 43.6. The molecule has 382 valence electrons. The van der Waals surface area contributed by atoms with Crippen molar-refractivity contribution in [3.05, 3.63) is 97.2 Å². The molecule has 0 aromatic carbocycles. The van der Waals surface area contributed by atoms with Crippen molar-refractivity contribution in [2.45, 2.75) is 258 Å². The monoisotopic (exact) mass is 931 g/mol. The van der Waals surface area contributed by atoms with Gasteiger partial charge in [0, 0.05) is 19.3 Å². The molecule has 0 aromatic heterocycles. The van der Waals surface area contributed by atoms with E-state index < -0.39 is 6.10 Å². The molecule has 0 aliphatic heterocycles. The molecule has 0 saturated carbocycles. The average Bonchev–Trinajstić information content (AvgIpc) is 3.33. The lowest BCUT2D eigenvalue weighted by Crippen LogP contribution is -2.30. The van der Waals surface area contributed by atoms with Crippen LogP contribution in [0, 0.1) is 0 Å². The molecule has 1 atom stereocenters. The highest BCUT2D eigenvalue weighted by Crippen LogP contribution is 2.15. The molecule has 0 radical (unpaired) electrons. The maximum atomic E-state index is 12.8.